The van der Waals surface area contributed by atoms with Gasteiger partial charge in [0.25, 0.3) is 0 Å². The lowest BCUT2D eigenvalue weighted by atomic mass is 10.1. The van der Waals surface area contributed by atoms with Gasteiger partial charge in [-0.3, -0.25) is 4.79 Å². The maximum absolute atomic E-state index is 11.2. The molecule has 0 aromatic carbocycles. The first-order chi connectivity index (χ1) is 7.20. The number of carbonyl (C=O) groups is 2. The van der Waals surface area contributed by atoms with Crippen molar-refractivity contribution in [2.24, 2.45) is 5.73 Å². The number of nitrogens with two attached hydrogens (primary N) is 1. The van der Waals surface area contributed by atoms with Crippen LogP contribution >= 0.6 is 0 Å². The van der Waals surface area contributed by atoms with Crippen LogP contribution in [0.2, 0.25) is 0 Å². The van der Waals surface area contributed by atoms with Gasteiger partial charge in [-0.15, -0.1) is 0 Å². The first-order valence-electron chi connectivity index (χ1n) is 5.68. The molecule has 1 amide bonds. The van der Waals surface area contributed by atoms with Gasteiger partial charge in [0.15, 0.2) is 0 Å². The summed E-state index contributed by atoms with van der Waals surface area (Å²) in [5, 5.41) is 2.63. The summed E-state index contributed by atoms with van der Waals surface area (Å²) in [5.74, 6) is -0.0104. The highest BCUT2D eigenvalue weighted by Gasteiger charge is 2.03. The Morgan fingerprint density at radius 3 is 2.60 bits per heavy atom. The Hall–Kier alpha value is -0.900. The van der Waals surface area contributed by atoms with Crippen LogP contribution in [0.1, 0.15) is 45.4 Å². The molecule has 0 spiro atoms. The highest BCUT2D eigenvalue weighted by Crippen LogP contribution is 2.04. The normalized spacial score (nSPS) is 12.1. The van der Waals surface area contributed by atoms with E-state index in [1.165, 1.54) is 19.3 Å². The third kappa shape index (κ3) is 9.41. The van der Waals surface area contributed by atoms with Crippen molar-refractivity contribution in [2.75, 3.05) is 6.54 Å². The van der Waals surface area contributed by atoms with Crippen molar-refractivity contribution in [3.63, 3.8) is 0 Å². The third-order valence-corrected chi connectivity index (χ3v) is 2.22. The van der Waals surface area contributed by atoms with Gasteiger partial charge < -0.3 is 15.8 Å². The number of carbonyl (C=O) groups excluding carboxylic acids is 2. The summed E-state index contributed by atoms with van der Waals surface area (Å²) < 4.78 is 0. The van der Waals surface area contributed by atoms with Crippen LogP contribution in [-0.4, -0.2) is 24.8 Å². The van der Waals surface area contributed by atoms with Gasteiger partial charge in [0, 0.05) is 13.0 Å². The maximum atomic E-state index is 11.2. The van der Waals surface area contributed by atoms with Crippen LogP contribution in [0.5, 0.6) is 0 Å². The molecule has 4 nitrogen and oxygen atoms in total. The highest BCUT2D eigenvalue weighted by molar-refractivity contribution is 5.76. The first-order valence-corrected chi connectivity index (χ1v) is 5.68. The van der Waals surface area contributed by atoms with Crippen molar-refractivity contribution in [2.45, 2.75) is 51.5 Å². The molecule has 0 aliphatic heterocycles. The molecule has 0 rings (SSSR count). The fourth-order valence-electron chi connectivity index (χ4n) is 1.26. The van der Waals surface area contributed by atoms with Gasteiger partial charge in [-0.1, -0.05) is 32.6 Å². The van der Waals surface area contributed by atoms with Crippen LogP contribution in [0.3, 0.4) is 0 Å². The van der Waals surface area contributed by atoms with Crippen LogP contribution < -0.4 is 11.1 Å². The van der Waals surface area contributed by atoms with Gasteiger partial charge in [0.1, 0.15) is 6.29 Å². The Labute approximate surface area is 91.6 Å². The van der Waals surface area contributed by atoms with Crippen LogP contribution in [0, 0.1) is 0 Å². The fraction of sp³-hybridized carbons (Fsp3) is 0.818. The van der Waals surface area contributed by atoms with Gasteiger partial charge in [-0.05, 0) is 6.42 Å². The Bertz CT molecular complexity index is 183. The molecule has 0 aliphatic rings. The molecule has 88 valence electrons. The second-order valence-corrected chi connectivity index (χ2v) is 3.77. The molecule has 0 fully saturated rings. The lowest BCUT2D eigenvalue weighted by Gasteiger charge is -2.06. The average Bonchev–Trinajstić information content (AvgIpc) is 2.25. The largest absolute Gasteiger partial charge is 0.354 e. The molecule has 0 saturated heterocycles. The Balaban J connectivity index is 3.29. The van der Waals surface area contributed by atoms with Crippen molar-refractivity contribution in [3.05, 3.63) is 0 Å². The first kappa shape index (κ1) is 14.1. The number of unbranched alkanes of at least 4 members (excludes halogenated alkanes) is 4. The summed E-state index contributed by atoms with van der Waals surface area (Å²) >= 11 is 0. The van der Waals surface area contributed by atoms with Crippen molar-refractivity contribution in [1.29, 1.82) is 0 Å². The molecule has 3 N–H and O–H groups in total. The van der Waals surface area contributed by atoms with Crippen LogP contribution in [0.15, 0.2) is 0 Å². The molecule has 0 aromatic rings. The maximum Gasteiger partial charge on any atom is 0.220 e. The van der Waals surface area contributed by atoms with E-state index >= 15 is 0 Å². The van der Waals surface area contributed by atoms with E-state index in [2.05, 4.69) is 12.2 Å². The zero-order valence-electron chi connectivity index (χ0n) is 9.50. The summed E-state index contributed by atoms with van der Waals surface area (Å²) in [4.78, 5) is 21.4. The Morgan fingerprint density at radius 1 is 1.33 bits per heavy atom. The predicted molar refractivity (Wildman–Crippen MR) is 60.4 cm³/mol. The predicted octanol–water partition coefficient (Wildman–Crippen LogP) is 0.989. The molecular formula is C11H22N2O2. The Morgan fingerprint density at radius 2 is 2.00 bits per heavy atom. The molecule has 1 atom stereocenters. The van der Waals surface area contributed by atoms with Crippen LogP contribution in [0.4, 0.5) is 0 Å². The van der Waals surface area contributed by atoms with E-state index < -0.39 is 6.04 Å². The van der Waals surface area contributed by atoms with E-state index in [1.807, 2.05) is 0 Å². The molecule has 4 heteroatoms. The number of hydrogen-bond acceptors (Lipinski definition) is 3. The van der Waals surface area contributed by atoms with Gasteiger partial charge in [-0.2, -0.15) is 0 Å². The second kappa shape index (κ2) is 9.65. The number of amides is 1. The van der Waals surface area contributed by atoms with Crippen LogP contribution in [-0.2, 0) is 9.59 Å². The van der Waals surface area contributed by atoms with Crippen molar-refractivity contribution < 1.29 is 9.59 Å². The fourth-order valence-corrected chi connectivity index (χ4v) is 1.26. The number of aldehydes is 1. The molecule has 0 bridgehead atoms. The van der Waals surface area contributed by atoms with E-state index in [-0.39, 0.29) is 12.5 Å². The minimum absolute atomic E-state index is 0.0104. The van der Waals surface area contributed by atoms with E-state index in [9.17, 15) is 9.59 Å². The Kier molecular flexibility index (Phi) is 9.07. The molecule has 1 unspecified atom stereocenters. The molecular weight excluding hydrogens is 192 g/mol. The zero-order valence-corrected chi connectivity index (χ0v) is 9.50. The standard InChI is InChI=1S/C11H22N2O2/c1-2-3-4-5-6-7-11(15)13-8-10(12)9-14/h9-10H,2-8,12H2,1H3,(H,13,15). The number of nitrogens with one attached hydrogen (secondary N) is 1. The van der Waals surface area contributed by atoms with Crippen LogP contribution in [0.25, 0.3) is 0 Å². The molecule has 0 aromatic heterocycles. The van der Waals surface area contributed by atoms with E-state index in [4.69, 9.17) is 5.73 Å². The smallest absolute Gasteiger partial charge is 0.220 e. The van der Waals surface area contributed by atoms with Gasteiger partial charge in [0.05, 0.1) is 6.04 Å². The molecule has 15 heavy (non-hydrogen) atoms. The summed E-state index contributed by atoms with van der Waals surface area (Å²) in [6.45, 7) is 2.41. The highest BCUT2D eigenvalue weighted by atomic mass is 16.1. The van der Waals surface area contributed by atoms with Gasteiger partial charge >= 0.3 is 0 Å². The quantitative estimate of drug-likeness (QED) is 0.444. The van der Waals surface area contributed by atoms with Crippen molar-refractivity contribution in [1.82, 2.24) is 5.32 Å². The summed E-state index contributed by atoms with van der Waals surface area (Å²) in [6.07, 6.45) is 6.83. The minimum Gasteiger partial charge on any atom is -0.354 e. The molecule has 0 saturated carbocycles. The number of rotatable bonds is 9. The van der Waals surface area contributed by atoms with Gasteiger partial charge in [-0.25, -0.2) is 0 Å². The average molecular weight is 214 g/mol. The lowest BCUT2D eigenvalue weighted by Crippen LogP contribution is -2.38. The number of hydrogen-bond donors (Lipinski definition) is 2. The van der Waals surface area contributed by atoms with E-state index in [1.54, 1.807) is 0 Å². The lowest BCUT2D eigenvalue weighted by molar-refractivity contribution is -0.121. The summed E-state index contributed by atoms with van der Waals surface area (Å²) in [6, 6.07) is -0.575. The van der Waals surface area contributed by atoms with Crippen molar-refractivity contribution in [3.8, 4) is 0 Å². The molecule has 0 radical (unpaired) electrons. The summed E-state index contributed by atoms with van der Waals surface area (Å²) in [7, 11) is 0. The van der Waals surface area contributed by atoms with E-state index in [0.29, 0.717) is 12.7 Å². The topological polar surface area (TPSA) is 72.2 Å². The minimum atomic E-state index is -0.575. The summed E-state index contributed by atoms with van der Waals surface area (Å²) in [5.41, 5.74) is 5.33. The molecule has 0 heterocycles. The zero-order chi connectivity index (χ0) is 11.5. The molecule has 0 aliphatic carbocycles. The van der Waals surface area contributed by atoms with E-state index in [0.717, 1.165) is 12.8 Å². The van der Waals surface area contributed by atoms with Gasteiger partial charge in [0.2, 0.25) is 5.91 Å². The SMILES string of the molecule is CCCCCCCC(=O)NCC(N)C=O. The third-order valence-electron chi connectivity index (χ3n) is 2.22. The second-order valence-electron chi connectivity index (χ2n) is 3.77. The monoisotopic (exact) mass is 214 g/mol. The van der Waals surface area contributed by atoms with Crippen molar-refractivity contribution >= 4 is 12.2 Å².